The molecule has 2 saturated heterocycles. The highest BCUT2D eigenvalue weighted by Crippen LogP contribution is 2.38. The number of alkyl halides is 3. The minimum atomic E-state index is -4.47. The number of halogens is 4. The first-order chi connectivity index (χ1) is 18.8. The average molecular weight is 560 g/mol. The Labute approximate surface area is 230 Å². The van der Waals surface area contributed by atoms with Crippen LogP contribution < -0.4 is 9.64 Å². The topological polar surface area (TPSA) is 45.2 Å². The van der Waals surface area contributed by atoms with Gasteiger partial charge in [-0.15, -0.1) is 0 Å². The van der Waals surface area contributed by atoms with E-state index in [0.29, 0.717) is 54.1 Å². The van der Waals surface area contributed by atoms with Gasteiger partial charge in [-0.25, -0.2) is 4.79 Å². The number of benzene rings is 3. The Morgan fingerprint density at radius 2 is 1.59 bits per heavy atom. The second kappa shape index (κ2) is 11.9. The van der Waals surface area contributed by atoms with Crippen LogP contribution in [-0.4, -0.2) is 61.8 Å². The standard InChI is InChI=1S/C29H29ClF3N3O3/c30-23-5-9-25(10-6-23)39-26-11-7-24(8-12-26)36-27(21-3-1-4-22(19-21)29(31,32)33)20-35(28(36)37)14-2-13-34-15-17-38-18-16-34/h1,3-12,19,27H,2,13-18,20H2. The van der Waals surface area contributed by atoms with E-state index >= 15 is 0 Å². The number of hydrogen-bond donors (Lipinski definition) is 0. The van der Waals surface area contributed by atoms with Crippen molar-refractivity contribution in [2.24, 2.45) is 0 Å². The molecule has 5 rings (SSSR count). The molecule has 2 heterocycles. The fourth-order valence-electron chi connectivity index (χ4n) is 4.93. The number of urea groups is 1. The van der Waals surface area contributed by atoms with Crippen molar-refractivity contribution in [1.29, 1.82) is 0 Å². The molecule has 3 aromatic rings. The molecule has 206 valence electrons. The van der Waals surface area contributed by atoms with Crippen molar-refractivity contribution in [1.82, 2.24) is 9.80 Å². The van der Waals surface area contributed by atoms with Gasteiger partial charge in [0.15, 0.2) is 0 Å². The largest absolute Gasteiger partial charge is 0.457 e. The second-order valence-corrected chi connectivity index (χ2v) is 10.0. The van der Waals surface area contributed by atoms with E-state index in [1.807, 2.05) is 0 Å². The molecule has 10 heteroatoms. The van der Waals surface area contributed by atoms with E-state index in [-0.39, 0.29) is 6.03 Å². The van der Waals surface area contributed by atoms with Crippen molar-refractivity contribution in [2.75, 3.05) is 50.8 Å². The molecular weight excluding hydrogens is 531 g/mol. The fourth-order valence-corrected chi connectivity index (χ4v) is 5.06. The third kappa shape index (κ3) is 6.66. The molecule has 0 aromatic heterocycles. The summed E-state index contributed by atoms with van der Waals surface area (Å²) in [6.45, 7) is 4.76. The van der Waals surface area contributed by atoms with E-state index in [2.05, 4.69) is 4.90 Å². The molecule has 1 unspecified atom stereocenters. The van der Waals surface area contributed by atoms with Crippen LogP contribution in [0.25, 0.3) is 0 Å². The zero-order chi connectivity index (χ0) is 27.4. The zero-order valence-corrected chi connectivity index (χ0v) is 22.0. The molecule has 0 bridgehead atoms. The van der Waals surface area contributed by atoms with Crippen molar-refractivity contribution in [3.8, 4) is 11.5 Å². The lowest BCUT2D eigenvalue weighted by molar-refractivity contribution is -0.137. The summed E-state index contributed by atoms with van der Waals surface area (Å²) < 4.78 is 51.7. The molecule has 6 nitrogen and oxygen atoms in total. The molecule has 2 fully saturated rings. The normalized spacial score (nSPS) is 18.6. The number of ether oxygens (including phenoxy) is 2. The first-order valence-electron chi connectivity index (χ1n) is 12.9. The minimum Gasteiger partial charge on any atom is -0.457 e. The van der Waals surface area contributed by atoms with Crippen LogP contribution in [0, 0.1) is 0 Å². The maximum Gasteiger partial charge on any atom is 0.416 e. The van der Waals surface area contributed by atoms with Gasteiger partial charge in [0.2, 0.25) is 0 Å². The molecule has 3 aromatic carbocycles. The molecular formula is C29H29ClF3N3O3. The van der Waals surface area contributed by atoms with Gasteiger partial charge in [-0.1, -0.05) is 23.7 Å². The van der Waals surface area contributed by atoms with Gasteiger partial charge in [0.05, 0.1) is 24.8 Å². The Kier molecular flexibility index (Phi) is 8.30. The summed E-state index contributed by atoms with van der Waals surface area (Å²) in [6, 6.07) is 18.4. The highest BCUT2D eigenvalue weighted by Gasteiger charge is 2.40. The number of hydrogen-bond acceptors (Lipinski definition) is 4. The van der Waals surface area contributed by atoms with E-state index in [4.69, 9.17) is 21.1 Å². The number of amides is 2. The van der Waals surface area contributed by atoms with Gasteiger partial charge < -0.3 is 14.4 Å². The zero-order valence-electron chi connectivity index (χ0n) is 21.2. The van der Waals surface area contributed by atoms with Gasteiger partial charge in [0, 0.05) is 43.4 Å². The lowest BCUT2D eigenvalue weighted by Crippen LogP contribution is -2.39. The summed E-state index contributed by atoms with van der Waals surface area (Å²) in [6.07, 6.45) is -3.70. The molecule has 39 heavy (non-hydrogen) atoms. The fraction of sp³-hybridized carbons (Fsp3) is 0.345. The summed E-state index contributed by atoms with van der Waals surface area (Å²) in [5, 5.41) is 0.598. The van der Waals surface area contributed by atoms with Crippen molar-refractivity contribution in [3.63, 3.8) is 0 Å². The van der Waals surface area contributed by atoms with Gasteiger partial charge in [0.1, 0.15) is 11.5 Å². The van der Waals surface area contributed by atoms with E-state index in [1.165, 1.54) is 6.07 Å². The van der Waals surface area contributed by atoms with Crippen LogP contribution in [0.3, 0.4) is 0 Å². The first kappa shape index (κ1) is 27.3. The Morgan fingerprint density at radius 1 is 0.923 bits per heavy atom. The van der Waals surface area contributed by atoms with Crippen LogP contribution in [0.5, 0.6) is 11.5 Å². The number of rotatable bonds is 8. The Bertz CT molecular complexity index is 1270. The number of morpholine rings is 1. The molecule has 2 amide bonds. The predicted molar refractivity (Wildman–Crippen MR) is 143 cm³/mol. The molecule has 1 atom stereocenters. The molecule has 0 spiro atoms. The van der Waals surface area contributed by atoms with Crippen LogP contribution in [0.1, 0.15) is 23.6 Å². The SMILES string of the molecule is O=C1N(CCCN2CCOCC2)CC(c2cccc(C(F)(F)F)c2)N1c1ccc(Oc2ccc(Cl)cc2)cc1. The Balaban J connectivity index is 1.36. The van der Waals surface area contributed by atoms with Crippen LogP contribution in [0.2, 0.25) is 5.02 Å². The van der Waals surface area contributed by atoms with Crippen LogP contribution in [0.4, 0.5) is 23.7 Å². The predicted octanol–water partition coefficient (Wildman–Crippen LogP) is 6.86. The Morgan fingerprint density at radius 3 is 2.26 bits per heavy atom. The highest BCUT2D eigenvalue weighted by atomic mass is 35.5. The summed E-state index contributed by atoms with van der Waals surface area (Å²) in [5.41, 5.74) is 0.293. The third-order valence-electron chi connectivity index (χ3n) is 6.95. The van der Waals surface area contributed by atoms with E-state index in [1.54, 1.807) is 64.4 Å². The molecule has 0 N–H and O–H groups in total. The summed E-state index contributed by atoms with van der Waals surface area (Å²) in [7, 11) is 0. The average Bonchev–Trinajstić information content (AvgIpc) is 3.26. The number of carbonyl (C=O) groups excluding carboxylic acids is 1. The van der Waals surface area contributed by atoms with Crippen LogP contribution in [0.15, 0.2) is 72.8 Å². The number of carbonyl (C=O) groups is 1. The van der Waals surface area contributed by atoms with Gasteiger partial charge in [-0.05, 0) is 72.6 Å². The lowest BCUT2D eigenvalue weighted by atomic mass is 10.0. The van der Waals surface area contributed by atoms with Crippen molar-refractivity contribution in [3.05, 3.63) is 88.9 Å². The highest BCUT2D eigenvalue weighted by molar-refractivity contribution is 6.30. The Hall–Kier alpha value is -3.27. The summed E-state index contributed by atoms with van der Waals surface area (Å²) in [4.78, 5) is 19.2. The third-order valence-corrected chi connectivity index (χ3v) is 7.20. The summed E-state index contributed by atoms with van der Waals surface area (Å²) in [5.74, 6) is 1.17. The molecule has 2 aliphatic heterocycles. The van der Waals surface area contributed by atoms with Gasteiger partial charge in [0.25, 0.3) is 0 Å². The maximum atomic E-state index is 13.6. The van der Waals surface area contributed by atoms with E-state index < -0.39 is 17.8 Å². The molecule has 0 radical (unpaired) electrons. The van der Waals surface area contributed by atoms with Gasteiger partial charge >= 0.3 is 12.2 Å². The number of nitrogens with zero attached hydrogens (tertiary/aromatic N) is 3. The van der Waals surface area contributed by atoms with Gasteiger partial charge in [-0.3, -0.25) is 9.80 Å². The first-order valence-corrected chi connectivity index (χ1v) is 13.2. The van der Waals surface area contributed by atoms with Crippen LogP contribution >= 0.6 is 11.6 Å². The van der Waals surface area contributed by atoms with Crippen molar-refractivity contribution in [2.45, 2.75) is 18.6 Å². The maximum absolute atomic E-state index is 13.6. The second-order valence-electron chi connectivity index (χ2n) is 9.60. The number of anilines is 1. The smallest absolute Gasteiger partial charge is 0.416 e. The van der Waals surface area contributed by atoms with Crippen molar-refractivity contribution >= 4 is 23.3 Å². The monoisotopic (exact) mass is 559 g/mol. The minimum absolute atomic E-state index is 0.231. The lowest BCUT2D eigenvalue weighted by Gasteiger charge is -2.27. The summed E-state index contributed by atoms with van der Waals surface area (Å²) >= 11 is 5.94. The van der Waals surface area contributed by atoms with Crippen LogP contribution in [-0.2, 0) is 10.9 Å². The van der Waals surface area contributed by atoms with Crippen molar-refractivity contribution < 1.29 is 27.4 Å². The molecule has 0 saturated carbocycles. The van der Waals surface area contributed by atoms with E-state index in [9.17, 15) is 18.0 Å². The van der Waals surface area contributed by atoms with Gasteiger partial charge in [-0.2, -0.15) is 13.2 Å². The molecule has 0 aliphatic carbocycles. The van der Waals surface area contributed by atoms with E-state index in [0.717, 1.165) is 38.2 Å². The quantitative estimate of drug-likeness (QED) is 0.302. The molecule has 2 aliphatic rings.